The van der Waals surface area contributed by atoms with Crippen LogP contribution in [0.5, 0.6) is 5.75 Å². The van der Waals surface area contributed by atoms with Gasteiger partial charge in [0.1, 0.15) is 12.2 Å². The highest BCUT2D eigenvalue weighted by Gasteiger charge is 2.34. The Hall–Kier alpha value is -3.98. The third kappa shape index (κ3) is 4.37. The van der Waals surface area contributed by atoms with Gasteiger partial charge in [-0.25, -0.2) is 5.01 Å². The fraction of sp³-hybridized carbons (Fsp3) is 0.0435. The van der Waals surface area contributed by atoms with Crippen LogP contribution < -0.4 is 15.2 Å². The molecule has 1 N–H and O–H groups in total. The average molecular weight is 494 g/mol. The Bertz CT molecular complexity index is 1230. The lowest BCUT2D eigenvalue weighted by atomic mass is 10.1. The molecule has 1 fully saturated rings. The topological polar surface area (TPSA) is 102 Å². The summed E-state index contributed by atoms with van der Waals surface area (Å²) in [5.74, 6) is -1.08. The number of hydrazine groups is 1. The summed E-state index contributed by atoms with van der Waals surface area (Å²) in [5, 5.41) is 12.8. The van der Waals surface area contributed by atoms with Gasteiger partial charge in [-0.3, -0.25) is 25.1 Å². The van der Waals surface area contributed by atoms with E-state index in [0.717, 1.165) is 10.6 Å². The number of para-hydroxylation sites is 1. The minimum absolute atomic E-state index is 0.0640. The standard InChI is InChI=1S/C23H16BrN3O5/c24-19-12-16(11-18-22(28)25-26(23(18)29)17-9-5-2-6-10-17)13-20(27(30)31)21(19)32-14-15-7-3-1-4-8-15/h1-13H,14H2,(H,25,28)/b18-11-. The summed E-state index contributed by atoms with van der Waals surface area (Å²) in [5.41, 5.74) is 3.75. The fourth-order valence-electron chi connectivity index (χ4n) is 3.17. The van der Waals surface area contributed by atoms with Crippen LogP contribution in [0.25, 0.3) is 6.08 Å². The molecular formula is C23H16BrN3O5. The van der Waals surface area contributed by atoms with Gasteiger partial charge < -0.3 is 4.74 Å². The fourth-order valence-corrected chi connectivity index (χ4v) is 3.76. The molecule has 8 nitrogen and oxygen atoms in total. The third-order valence-corrected chi connectivity index (χ3v) is 5.27. The van der Waals surface area contributed by atoms with Crippen LogP contribution >= 0.6 is 15.9 Å². The lowest BCUT2D eigenvalue weighted by Crippen LogP contribution is -2.35. The number of nitrogens with one attached hydrogen (secondary N) is 1. The zero-order chi connectivity index (χ0) is 22.7. The van der Waals surface area contributed by atoms with Gasteiger partial charge in [0, 0.05) is 6.07 Å². The molecule has 0 saturated carbocycles. The molecule has 0 unspecified atom stereocenters. The van der Waals surface area contributed by atoms with E-state index in [0.29, 0.717) is 15.7 Å². The smallest absolute Gasteiger partial charge is 0.312 e. The number of rotatable bonds is 6. The Balaban J connectivity index is 1.64. The minimum atomic E-state index is -0.595. The van der Waals surface area contributed by atoms with Gasteiger partial charge in [-0.15, -0.1) is 0 Å². The van der Waals surface area contributed by atoms with Crippen LogP contribution in [0.15, 0.2) is 82.8 Å². The van der Waals surface area contributed by atoms with Crippen molar-refractivity contribution in [3.63, 3.8) is 0 Å². The molecule has 160 valence electrons. The molecule has 0 atom stereocenters. The van der Waals surface area contributed by atoms with Crippen LogP contribution in [0, 0.1) is 10.1 Å². The Morgan fingerprint density at radius 2 is 1.69 bits per heavy atom. The number of benzene rings is 3. The number of nitrogens with zero attached hydrogens (tertiary/aromatic N) is 2. The first-order chi connectivity index (χ1) is 15.4. The summed E-state index contributed by atoms with van der Waals surface area (Å²) < 4.78 is 6.03. The predicted octanol–water partition coefficient (Wildman–Crippen LogP) is 4.40. The number of nitro groups is 1. The number of ether oxygens (including phenoxy) is 1. The maximum absolute atomic E-state index is 12.8. The Morgan fingerprint density at radius 3 is 2.34 bits per heavy atom. The van der Waals surface area contributed by atoms with Crippen LogP contribution in [0.3, 0.4) is 0 Å². The maximum atomic E-state index is 12.8. The lowest BCUT2D eigenvalue weighted by molar-refractivity contribution is -0.386. The first kappa shape index (κ1) is 21.3. The van der Waals surface area contributed by atoms with Gasteiger partial charge in [-0.2, -0.15) is 0 Å². The average Bonchev–Trinajstić information content (AvgIpc) is 3.07. The van der Waals surface area contributed by atoms with Gasteiger partial charge in [-0.1, -0.05) is 48.5 Å². The van der Waals surface area contributed by atoms with Crippen molar-refractivity contribution in [3.8, 4) is 5.75 Å². The van der Waals surface area contributed by atoms with Gasteiger partial charge in [0.05, 0.1) is 15.1 Å². The molecule has 9 heteroatoms. The van der Waals surface area contributed by atoms with E-state index in [2.05, 4.69) is 21.4 Å². The molecule has 1 aliphatic rings. The molecule has 4 rings (SSSR count). The monoisotopic (exact) mass is 493 g/mol. The van der Waals surface area contributed by atoms with Crippen molar-refractivity contribution in [3.05, 3.63) is 104 Å². The van der Waals surface area contributed by atoms with Crippen LogP contribution in [0.2, 0.25) is 0 Å². The van der Waals surface area contributed by atoms with E-state index in [1.807, 2.05) is 30.3 Å². The highest BCUT2D eigenvalue weighted by Crippen LogP contribution is 2.38. The Labute approximate surface area is 191 Å². The van der Waals surface area contributed by atoms with Crippen molar-refractivity contribution in [2.24, 2.45) is 0 Å². The van der Waals surface area contributed by atoms with Crippen LogP contribution in [0.4, 0.5) is 11.4 Å². The second kappa shape index (κ2) is 9.03. The van der Waals surface area contributed by atoms with E-state index in [9.17, 15) is 19.7 Å². The van der Waals surface area contributed by atoms with Crippen molar-refractivity contribution >= 4 is 45.2 Å². The summed E-state index contributed by atoms with van der Waals surface area (Å²) in [4.78, 5) is 36.2. The van der Waals surface area contributed by atoms with Gasteiger partial charge in [0.25, 0.3) is 11.8 Å². The minimum Gasteiger partial charge on any atom is -0.481 e. The first-order valence-electron chi connectivity index (χ1n) is 9.51. The van der Waals surface area contributed by atoms with E-state index in [1.165, 1.54) is 12.1 Å². The molecular weight excluding hydrogens is 478 g/mol. The zero-order valence-electron chi connectivity index (χ0n) is 16.5. The number of nitro benzene ring substituents is 1. The molecule has 0 bridgehead atoms. The van der Waals surface area contributed by atoms with Crippen LogP contribution in [0.1, 0.15) is 11.1 Å². The molecule has 32 heavy (non-hydrogen) atoms. The van der Waals surface area contributed by atoms with Crippen molar-refractivity contribution in [2.75, 3.05) is 5.01 Å². The van der Waals surface area contributed by atoms with E-state index in [1.54, 1.807) is 36.4 Å². The number of hydrogen-bond acceptors (Lipinski definition) is 5. The summed E-state index contributed by atoms with van der Waals surface area (Å²) in [6, 6.07) is 20.7. The molecule has 3 aromatic rings. The van der Waals surface area contributed by atoms with Gasteiger partial charge >= 0.3 is 5.69 Å². The number of carbonyl (C=O) groups excluding carboxylic acids is 2. The van der Waals surface area contributed by atoms with Crippen molar-refractivity contribution in [1.82, 2.24) is 5.43 Å². The van der Waals surface area contributed by atoms with Gasteiger partial charge in [0.15, 0.2) is 0 Å². The summed E-state index contributed by atoms with van der Waals surface area (Å²) in [6.07, 6.45) is 1.32. The quantitative estimate of drug-likeness (QED) is 0.237. The van der Waals surface area contributed by atoms with E-state index >= 15 is 0 Å². The van der Waals surface area contributed by atoms with Crippen LogP contribution in [-0.4, -0.2) is 16.7 Å². The second-order valence-electron chi connectivity index (χ2n) is 6.86. The number of amides is 2. The Kier molecular flexibility index (Phi) is 6.00. The highest BCUT2D eigenvalue weighted by molar-refractivity contribution is 9.10. The molecule has 1 aliphatic heterocycles. The summed E-state index contributed by atoms with van der Waals surface area (Å²) >= 11 is 3.31. The lowest BCUT2D eigenvalue weighted by Gasteiger charge is -2.13. The summed E-state index contributed by atoms with van der Waals surface area (Å²) in [6.45, 7) is 0.146. The van der Waals surface area contributed by atoms with Gasteiger partial charge in [-0.05, 0) is 51.3 Å². The SMILES string of the molecule is O=C1NN(c2ccccc2)C(=O)/C1=C\c1cc(Br)c(OCc2ccccc2)c([N+](=O)[O-])c1. The van der Waals surface area contributed by atoms with Crippen LogP contribution in [-0.2, 0) is 16.2 Å². The number of carbonyl (C=O) groups is 2. The molecule has 1 saturated heterocycles. The van der Waals surface area contributed by atoms with Crippen molar-refractivity contribution < 1.29 is 19.2 Å². The number of anilines is 1. The third-order valence-electron chi connectivity index (χ3n) is 4.69. The maximum Gasteiger partial charge on any atom is 0.312 e. The van der Waals surface area contributed by atoms with Gasteiger partial charge in [0.2, 0.25) is 5.75 Å². The van der Waals surface area contributed by atoms with E-state index in [4.69, 9.17) is 4.74 Å². The molecule has 3 aromatic carbocycles. The molecule has 0 radical (unpaired) electrons. The predicted molar refractivity (Wildman–Crippen MR) is 122 cm³/mol. The molecule has 0 aromatic heterocycles. The second-order valence-corrected chi connectivity index (χ2v) is 7.71. The number of hydrogen-bond donors (Lipinski definition) is 1. The van der Waals surface area contributed by atoms with E-state index in [-0.39, 0.29) is 23.6 Å². The van der Waals surface area contributed by atoms with Crippen molar-refractivity contribution in [1.29, 1.82) is 0 Å². The first-order valence-corrected chi connectivity index (χ1v) is 10.3. The number of halogens is 1. The zero-order valence-corrected chi connectivity index (χ0v) is 18.1. The molecule has 2 amide bonds. The normalized spacial score (nSPS) is 14.5. The summed E-state index contributed by atoms with van der Waals surface area (Å²) in [7, 11) is 0. The molecule has 0 aliphatic carbocycles. The largest absolute Gasteiger partial charge is 0.481 e. The highest BCUT2D eigenvalue weighted by atomic mass is 79.9. The Morgan fingerprint density at radius 1 is 1.03 bits per heavy atom. The van der Waals surface area contributed by atoms with Crippen molar-refractivity contribution in [2.45, 2.75) is 6.61 Å². The molecule has 0 spiro atoms. The van der Waals surface area contributed by atoms with E-state index < -0.39 is 16.7 Å². The molecule has 1 heterocycles.